The lowest BCUT2D eigenvalue weighted by Crippen LogP contribution is -2.31. The van der Waals surface area contributed by atoms with Crippen LogP contribution in [0.4, 0.5) is 0 Å². The second kappa shape index (κ2) is 9.64. The van der Waals surface area contributed by atoms with E-state index in [0.717, 1.165) is 23.7 Å². The first kappa shape index (κ1) is 21.7. The zero-order chi connectivity index (χ0) is 21.6. The molecular weight excluding hydrogens is 406 g/mol. The third kappa shape index (κ3) is 6.23. The number of benzene rings is 1. The van der Waals surface area contributed by atoms with Gasteiger partial charge in [-0.15, -0.1) is 0 Å². The van der Waals surface area contributed by atoms with E-state index in [1.165, 1.54) is 12.3 Å². The molecule has 9 heteroatoms. The van der Waals surface area contributed by atoms with Gasteiger partial charge < -0.3 is 14.8 Å². The van der Waals surface area contributed by atoms with Crippen molar-refractivity contribution < 1.29 is 22.7 Å². The highest BCUT2D eigenvalue weighted by Gasteiger charge is 2.20. The van der Waals surface area contributed by atoms with Gasteiger partial charge in [-0.25, -0.2) is 13.4 Å². The molecule has 0 radical (unpaired) electrons. The standard InChI is InChI=1S/C21H23N3O5S/c1-15(10-12-30(2,26)27)23-20(25)18-13-22-19(16-7-6-11-28-14-16)24-21(18)29-17-8-4-3-5-9-17/h3-5,7-10,12-13,15H,6,11,14H2,1-2H3,(H,23,25)/b12-10+. The lowest BCUT2D eigenvalue weighted by Gasteiger charge is -2.16. The van der Waals surface area contributed by atoms with Gasteiger partial charge in [0.25, 0.3) is 5.91 Å². The molecule has 0 aliphatic carbocycles. The first-order valence-electron chi connectivity index (χ1n) is 9.38. The van der Waals surface area contributed by atoms with Crippen molar-refractivity contribution in [1.29, 1.82) is 0 Å². The fourth-order valence-electron chi connectivity index (χ4n) is 2.66. The van der Waals surface area contributed by atoms with Crippen molar-refractivity contribution >= 4 is 21.3 Å². The summed E-state index contributed by atoms with van der Waals surface area (Å²) in [5.41, 5.74) is 0.968. The highest BCUT2D eigenvalue weighted by atomic mass is 32.2. The van der Waals surface area contributed by atoms with Crippen LogP contribution in [0.3, 0.4) is 0 Å². The summed E-state index contributed by atoms with van der Waals surface area (Å²) in [6.45, 7) is 2.70. The van der Waals surface area contributed by atoms with Gasteiger partial charge >= 0.3 is 0 Å². The second-order valence-corrected chi connectivity index (χ2v) is 8.75. The van der Waals surface area contributed by atoms with E-state index in [1.807, 2.05) is 24.3 Å². The van der Waals surface area contributed by atoms with Crippen molar-refractivity contribution in [1.82, 2.24) is 15.3 Å². The minimum absolute atomic E-state index is 0.106. The minimum Gasteiger partial charge on any atom is -0.438 e. The van der Waals surface area contributed by atoms with Crippen LogP contribution < -0.4 is 10.1 Å². The van der Waals surface area contributed by atoms with E-state index in [1.54, 1.807) is 19.1 Å². The maximum atomic E-state index is 12.8. The zero-order valence-electron chi connectivity index (χ0n) is 16.7. The number of amides is 1. The van der Waals surface area contributed by atoms with E-state index < -0.39 is 21.8 Å². The van der Waals surface area contributed by atoms with Crippen molar-refractivity contribution in [3.8, 4) is 11.6 Å². The van der Waals surface area contributed by atoms with E-state index in [2.05, 4.69) is 15.3 Å². The van der Waals surface area contributed by atoms with Crippen LogP contribution in [0.5, 0.6) is 11.6 Å². The average Bonchev–Trinajstić information content (AvgIpc) is 2.73. The van der Waals surface area contributed by atoms with Crippen molar-refractivity contribution in [2.45, 2.75) is 19.4 Å². The molecule has 0 saturated carbocycles. The predicted octanol–water partition coefficient (Wildman–Crippen LogP) is 2.75. The fraction of sp³-hybridized carbons (Fsp3) is 0.286. The molecule has 158 valence electrons. The van der Waals surface area contributed by atoms with Crippen LogP contribution in [0, 0.1) is 0 Å². The Morgan fingerprint density at radius 1 is 1.30 bits per heavy atom. The molecule has 30 heavy (non-hydrogen) atoms. The lowest BCUT2D eigenvalue weighted by atomic mass is 10.1. The molecule has 1 aliphatic rings. The van der Waals surface area contributed by atoms with E-state index >= 15 is 0 Å². The number of nitrogens with zero attached hydrogens (tertiary/aromatic N) is 2. The van der Waals surface area contributed by atoms with Crippen molar-refractivity contribution in [2.75, 3.05) is 19.5 Å². The molecule has 2 aromatic rings. The van der Waals surface area contributed by atoms with Crippen LogP contribution in [0.15, 0.2) is 54.1 Å². The van der Waals surface area contributed by atoms with Gasteiger partial charge in [0, 0.05) is 29.5 Å². The summed E-state index contributed by atoms with van der Waals surface area (Å²) in [7, 11) is -3.29. The molecule has 8 nitrogen and oxygen atoms in total. The molecule has 2 heterocycles. The summed E-state index contributed by atoms with van der Waals surface area (Å²) < 4.78 is 33.9. The Bertz CT molecular complexity index is 1070. The van der Waals surface area contributed by atoms with E-state index in [0.29, 0.717) is 24.8 Å². The van der Waals surface area contributed by atoms with Gasteiger partial charge in [0.2, 0.25) is 5.88 Å². The Balaban J connectivity index is 1.89. The summed E-state index contributed by atoms with van der Waals surface area (Å²) >= 11 is 0. The SMILES string of the molecule is CC(/C=C/S(C)(=O)=O)NC(=O)c1cnc(C2=CCCOC2)nc1Oc1ccccc1. The highest BCUT2D eigenvalue weighted by Crippen LogP contribution is 2.25. The van der Waals surface area contributed by atoms with E-state index in [-0.39, 0.29) is 11.4 Å². The van der Waals surface area contributed by atoms with Crippen LogP contribution in [0.1, 0.15) is 29.5 Å². The van der Waals surface area contributed by atoms with Gasteiger partial charge in [-0.1, -0.05) is 30.4 Å². The van der Waals surface area contributed by atoms with Crippen LogP contribution >= 0.6 is 0 Å². The smallest absolute Gasteiger partial charge is 0.258 e. The first-order chi connectivity index (χ1) is 14.3. The van der Waals surface area contributed by atoms with Gasteiger partial charge in [0.15, 0.2) is 15.7 Å². The molecule has 1 aromatic heterocycles. The topological polar surface area (TPSA) is 107 Å². The normalized spacial score (nSPS) is 15.5. The average molecular weight is 429 g/mol. The third-order valence-electron chi connectivity index (χ3n) is 4.13. The molecule has 1 atom stereocenters. The van der Waals surface area contributed by atoms with Crippen molar-refractivity contribution in [3.05, 3.63) is 65.5 Å². The highest BCUT2D eigenvalue weighted by molar-refractivity contribution is 7.93. The quantitative estimate of drug-likeness (QED) is 0.721. The van der Waals surface area contributed by atoms with Crippen LogP contribution in [-0.2, 0) is 14.6 Å². The summed E-state index contributed by atoms with van der Waals surface area (Å²) in [5.74, 6) is 0.582. The fourth-order valence-corrected chi connectivity index (χ4v) is 3.18. The van der Waals surface area contributed by atoms with Gasteiger partial charge in [-0.2, -0.15) is 4.98 Å². The van der Waals surface area contributed by atoms with Gasteiger partial charge in [-0.3, -0.25) is 4.79 Å². The molecule has 0 bridgehead atoms. The number of carbonyl (C=O) groups is 1. The molecule has 1 N–H and O–H groups in total. The van der Waals surface area contributed by atoms with E-state index in [9.17, 15) is 13.2 Å². The van der Waals surface area contributed by atoms with E-state index in [4.69, 9.17) is 9.47 Å². The summed E-state index contributed by atoms with van der Waals surface area (Å²) in [5, 5.41) is 3.75. The molecule has 0 saturated heterocycles. The number of hydrogen-bond acceptors (Lipinski definition) is 7. The Hall–Kier alpha value is -3.04. The molecule has 1 amide bonds. The Morgan fingerprint density at radius 3 is 2.73 bits per heavy atom. The number of nitrogens with one attached hydrogen (secondary N) is 1. The number of rotatable bonds is 7. The Morgan fingerprint density at radius 2 is 2.07 bits per heavy atom. The van der Waals surface area contributed by atoms with Gasteiger partial charge in [0.05, 0.1) is 13.2 Å². The first-order valence-corrected chi connectivity index (χ1v) is 11.3. The zero-order valence-corrected chi connectivity index (χ0v) is 17.6. The van der Waals surface area contributed by atoms with Gasteiger partial charge in [0.1, 0.15) is 11.3 Å². The minimum atomic E-state index is -3.29. The number of aromatic nitrogens is 2. The summed E-state index contributed by atoms with van der Waals surface area (Å²) in [6.07, 6.45) is 6.64. The van der Waals surface area contributed by atoms with Crippen molar-refractivity contribution in [3.63, 3.8) is 0 Å². The number of ether oxygens (including phenoxy) is 2. The molecule has 1 aliphatic heterocycles. The monoisotopic (exact) mass is 429 g/mol. The number of carbonyl (C=O) groups excluding carboxylic acids is 1. The maximum absolute atomic E-state index is 12.8. The van der Waals surface area contributed by atoms with Crippen LogP contribution in [0.25, 0.3) is 5.57 Å². The maximum Gasteiger partial charge on any atom is 0.258 e. The molecule has 0 spiro atoms. The van der Waals surface area contributed by atoms with Crippen molar-refractivity contribution in [2.24, 2.45) is 0 Å². The molecule has 3 rings (SSSR count). The number of sulfone groups is 1. The number of para-hydroxylation sites is 1. The molecule has 1 unspecified atom stereocenters. The van der Waals surface area contributed by atoms with Crippen LogP contribution in [0.2, 0.25) is 0 Å². The summed E-state index contributed by atoms with van der Waals surface area (Å²) in [4.78, 5) is 21.5. The predicted molar refractivity (Wildman–Crippen MR) is 113 cm³/mol. The second-order valence-electron chi connectivity index (χ2n) is 6.82. The molecule has 0 fully saturated rings. The summed E-state index contributed by atoms with van der Waals surface area (Å²) in [6, 6.07) is 8.46. The third-order valence-corrected chi connectivity index (χ3v) is 4.78. The lowest BCUT2D eigenvalue weighted by molar-refractivity contribution is 0.0943. The van der Waals surface area contributed by atoms with Crippen LogP contribution in [-0.4, -0.2) is 49.8 Å². The molecule has 1 aromatic carbocycles. The van der Waals surface area contributed by atoms with Gasteiger partial charge in [-0.05, 0) is 25.5 Å². The number of hydrogen-bond donors (Lipinski definition) is 1. The largest absolute Gasteiger partial charge is 0.438 e. The Kier molecular flexibility index (Phi) is 6.96. The Labute approximate surface area is 175 Å². The molecular formula is C21H23N3O5S.